The number of hydrogen-bond acceptors (Lipinski definition) is 4. The molecule has 0 spiro atoms. The summed E-state index contributed by atoms with van der Waals surface area (Å²) in [6.45, 7) is 0. The Morgan fingerprint density at radius 2 is 2.23 bits per heavy atom. The van der Waals surface area contributed by atoms with E-state index in [4.69, 9.17) is 9.47 Å². The summed E-state index contributed by atoms with van der Waals surface area (Å²) >= 11 is 1.64. The molecule has 0 N–H and O–H groups in total. The fraction of sp³-hybridized carbons (Fsp3) is 0.444. The minimum absolute atomic E-state index is 0.610. The third kappa shape index (κ3) is 1.41. The molecule has 0 aliphatic heterocycles. The topological polar surface area (TPSA) is 31.4 Å². The SMILES string of the molecule is COC1(OC)C=Cc2scnc2C1. The number of hydrogen-bond donors (Lipinski definition) is 0. The zero-order valence-electron chi connectivity index (χ0n) is 7.61. The van der Waals surface area contributed by atoms with E-state index in [2.05, 4.69) is 4.98 Å². The third-order valence-electron chi connectivity index (χ3n) is 2.27. The molecule has 0 unspecified atom stereocenters. The van der Waals surface area contributed by atoms with Gasteiger partial charge in [-0.15, -0.1) is 11.3 Å². The molecule has 0 saturated heterocycles. The van der Waals surface area contributed by atoms with Crippen LogP contribution in [0.5, 0.6) is 0 Å². The van der Waals surface area contributed by atoms with Crippen molar-refractivity contribution in [3.05, 3.63) is 22.2 Å². The first kappa shape index (κ1) is 8.87. The summed E-state index contributed by atoms with van der Waals surface area (Å²) in [4.78, 5) is 5.45. The monoisotopic (exact) mass is 197 g/mol. The Balaban J connectivity index is 2.33. The quantitative estimate of drug-likeness (QED) is 0.676. The van der Waals surface area contributed by atoms with Crippen LogP contribution >= 0.6 is 11.3 Å². The Labute approximate surface area is 81.0 Å². The number of rotatable bonds is 2. The van der Waals surface area contributed by atoms with Crippen molar-refractivity contribution in [1.29, 1.82) is 0 Å². The van der Waals surface area contributed by atoms with Crippen molar-refractivity contribution >= 4 is 17.4 Å². The summed E-state index contributed by atoms with van der Waals surface area (Å²) in [5.74, 6) is -0.610. The first-order chi connectivity index (χ1) is 6.29. The molecule has 3 nitrogen and oxygen atoms in total. The van der Waals surface area contributed by atoms with Crippen molar-refractivity contribution in [3.63, 3.8) is 0 Å². The van der Waals surface area contributed by atoms with Crippen LogP contribution in [0.2, 0.25) is 0 Å². The molecule has 1 aliphatic rings. The Hall–Kier alpha value is -0.710. The molecule has 0 aromatic carbocycles. The molecule has 0 radical (unpaired) electrons. The number of fused-ring (bicyclic) bond motifs is 1. The fourth-order valence-electron chi connectivity index (χ4n) is 1.41. The minimum atomic E-state index is -0.610. The molecule has 0 bridgehead atoms. The van der Waals surface area contributed by atoms with Crippen molar-refractivity contribution in [2.75, 3.05) is 14.2 Å². The van der Waals surface area contributed by atoms with Crippen molar-refractivity contribution in [2.24, 2.45) is 0 Å². The van der Waals surface area contributed by atoms with E-state index in [0.29, 0.717) is 6.42 Å². The number of ether oxygens (including phenoxy) is 2. The number of methoxy groups -OCH3 is 2. The normalized spacial score (nSPS) is 18.6. The van der Waals surface area contributed by atoms with Crippen LogP contribution in [0.1, 0.15) is 10.6 Å². The summed E-state index contributed by atoms with van der Waals surface area (Å²) in [6, 6.07) is 0. The Morgan fingerprint density at radius 1 is 1.46 bits per heavy atom. The van der Waals surface area contributed by atoms with E-state index in [9.17, 15) is 0 Å². The summed E-state index contributed by atoms with van der Waals surface area (Å²) in [6.07, 6.45) is 4.63. The van der Waals surface area contributed by atoms with Crippen LogP contribution in [0.3, 0.4) is 0 Å². The number of thiazole rings is 1. The summed E-state index contributed by atoms with van der Waals surface area (Å²) < 4.78 is 10.6. The highest BCUT2D eigenvalue weighted by atomic mass is 32.1. The third-order valence-corrected chi connectivity index (χ3v) is 3.10. The Bertz CT molecular complexity index is 328. The largest absolute Gasteiger partial charge is 0.349 e. The maximum atomic E-state index is 5.31. The number of aromatic nitrogens is 1. The van der Waals surface area contributed by atoms with Gasteiger partial charge in [-0.3, -0.25) is 0 Å². The molecule has 4 heteroatoms. The molecule has 1 aromatic rings. The van der Waals surface area contributed by atoms with E-state index >= 15 is 0 Å². The second kappa shape index (κ2) is 3.21. The van der Waals surface area contributed by atoms with E-state index in [-0.39, 0.29) is 0 Å². The lowest BCUT2D eigenvalue weighted by Gasteiger charge is -2.29. The predicted octanol–water partition coefficient (Wildman–Crippen LogP) is 1.70. The van der Waals surface area contributed by atoms with Gasteiger partial charge in [0.15, 0.2) is 5.79 Å². The summed E-state index contributed by atoms with van der Waals surface area (Å²) in [7, 11) is 3.29. The van der Waals surface area contributed by atoms with Crippen LogP contribution < -0.4 is 0 Å². The van der Waals surface area contributed by atoms with Crippen molar-refractivity contribution < 1.29 is 9.47 Å². The van der Waals surface area contributed by atoms with Crippen molar-refractivity contribution in [1.82, 2.24) is 4.98 Å². The molecule has 0 fully saturated rings. The second-order valence-electron chi connectivity index (χ2n) is 2.89. The van der Waals surface area contributed by atoms with Crippen molar-refractivity contribution in [3.8, 4) is 0 Å². The van der Waals surface area contributed by atoms with E-state index in [0.717, 1.165) is 5.69 Å². The second-order valence-corrected chi connectivity index (χ2v) is 3.78. The van der Waals surface area contributed by atoms with Gasteiger partial charge in [-0.2, -0.15) is 0 Å². The van der Waals surface area contributed by atoms with E-state index in [1.165, 1.54) is 4.88 Å². The number of nitrogens with zero attached hydrogens (tertiary/aromatic N) is 1. The average molecular weight is 197 g/mol. The lowest BCUT2D eigenvalue weighted by molar-refractivity contribution is -0.169. The van der Waals surface area contributed by atoms with Gasteiger partial charge in [0.1, 0.15) is 0 Å². The zero-order chi connectivity index (χ0) is 9.31. The Kier molecular flexibility index (Phi) is 2.19. The molecule has 0 atom stereocenters. The molecular formula is C9H11NO2S. The van der Waals surface area contributed by atoms with Gasteiger partial charge in [0.05, 0.1) is 16.1 Å². The molecule has 1 heterocycles. The van der Waals surface area contributed by atoms with E-state index in [1.807, 2.05) is 17.7 Å². The van der Waals surface area contributed by atoms with Gasteiger partial charge in [-0.25, -0.2) is 4.98 Å². The fourth-order valence-corrected chi connectivity index (χ4v) is 2.11. The highest BCUT2D eigenvalue weighted by Gasteiger charge is 2.31. The van der Waals surface area contributed by atoms with Crippen LogP contribution in [0.15, 0.2) is 11.6 Å². The molecule has 13 heavy (non-hydrogen) atoms. The van der Waals surface area contributed by atoms with Gasteiger partial charge in [0.25, 0.3) is 0 Å². The summed E-state index contributed by atoms with van der Waals surface area (Å²) in [5, 5.41) is 0. The van der Waals surface area contributed by atoms with Crippen LogP contribution in [-0.4, -0.2) is 25.0 Å². The molecule has 1 aliphatic carbocycles. The smallest absolute Gasteiger partial charge is 0.193 e. The van der Waals surface area contributed by atoms with Gasteiger partial charge in [0, 0.05) is 20.6 Å². The van der Waals surface area contributed by atoms with E-state index in [1.54, 1.807) is 25.6 Å². The lowest BCUT2D eigenvalue weighted by Crippen LogP contribution is -2.35. The molecule has 0 amide bonds. The maximum Gasteiger partial charge on any atom is 0.193 e. The molecule has 0 saturated carbocycles. The van der Waals surface area contributed by atoms with Gasteiger partial charge < -0.3 is 9.47 Å². The summed E-state index contributed by atoms with van der Waals surface area (Å²) in [5.41, 5.74) is 2.90. The van der Waals surface area contributed by atoms with Gasteiger partial charge in [-0.05, 0) is 12.2 Å². The standard InChI is InChI=1S/C9H11NO2S/c1-11-9(12-2)4-3-8-7(5-9)10-6-13-8/h3-4,6H,5H2,1-2H3. The highest BCUT2D eigenvalue weighted by molar-refractivity contribution is 7.10. The first-order valence-corrected chi connectivity index (χ1v) is 4.89. The minimum Gasteiger partial charge on any atom is -0.349 e. The van der Waals surface area contributed by atoms with Gasteiger partial charge >= 0.3 is 0 Å². The van der Waals surface area contributed by atoms with Crippen LogP contribution in [-0.2, 0) is 15.9 Å². The van der Waals surface area contributed by atoms with Gasteiger partial charge in [-0.1, -0.05) is 0 Å². The predicted molar refractivity (Wildman–Crippen MR) is 51.6 cm³/mol. The van der Waals surface area contributed by atoms with Crippen LogP contribution in [0.25, 0.3) is 6.08 Å². The molecule has 70 valence electrons. The Morgan fingerprint density at radius 3 is 2.92 bits per heavy atom. The zero-order valence-corrected chi connectivity index (χ0v) is 8.43. The lowest BCUT2D eigenvalue weighted by atomic mass is 10.0. The highest BCUT2D eigenvalue weighted by Crippen LogP contribution is 2.30. The van der Waals surface area contributed by atoms with Crippen LogP contribution in [0, 0.1) is 0 Å². The first-order valence-electron chi connectivity index (χ1n) is 4.01. The van der Waals surface area contributed by atoms with Gasteiger partial charge in [0.2, 0.25) is 0 Å². The molecule has 2 rings (SSSR count). The maximum absolute atomic E-state index is 5.31. The van der Waals surface area contributed by atoms with E-state index < -0.39 is 5.79 Å². The molecular weight excluding hydrogens is 186 g/mol. The van der Waals surface area contributed by atoms with Crippen molar-refractivity contribution in [2.45, 2.75) is 12.2 Å². The molecule has 1 aromatic heterocycles. The van der Waals surface area contributed by atoms with Crippen LogP contribution in [0.4, 0.5) is 0 Å². The average Bonchev–Trinajstić information content (AvgIpc) is 2.64.